The molecule has 2 aliphatic rings. The van der Waals surface area contributed by atoms with Gasteiger partial charge in [0.15, 0.2) is 0 Å². The van der Waals surface area contributed by atoms with Crippen molar-refractivity contribution in [2.75, 3.05) is 20.1 Å². The lowest BCUT2D eigenvalue weighted by Crippen LogP contribution is -2.50. The Balaban J connectivity index is 1.31. The summed E-state index contributed by atoms with van der Waals surface area (Å²) in [5, 5.41) is 17.5. The quantitative estimate of drug-likeness (QED) is 0.328. The Morgan fingerprint density at radius 3 is 2.32 bits per heavy atom. The first-order chi connectivity index (χ1) is 19.9. The van der Waals surface area contributed by atoms with E-state index in [0.717, 1.165) is 50.0 Å². The highest BCUT2D eigenvalue weighted by Gasteiger charge is 2.43. The minimum absolute atomic E-state index is 0.0902. The summed E-state index contributed by atoms with van der Waals surface area (Å²) < 4.78 is 15.6. The van der Waals surface area contributed by atoms with Crippen LogP contribution in [0.2, 0.25) is 0 Å². The molecule has 1 aromatic heterocycles. The zero-order chi connectivity index (χ0) is 28.7. The van der Waals surface area contributed by atoms with Crippen LogP contribution in [0, 0.1) is 23.1 Å². The topological polar surface area (TPSA) is 83.3 Å². The van der Waals surface area contributed by atoms with E-state index in [4.69, 9.17) is 0 Å². The Kier molecular flexibility index (Phi) is 9.70. The fraction of sp³-hybridized carbons (Fsp3) is 0.545. The Morgan fingerprint density at radius 1 is 1.02 bits per heavy atom. The fourth-order valence-corrected chi connectivity index (χ4v) is 7.22. The molecule has 1 saturated carbocycles. The molecule has 2 aromatic carbocycles. The summed E-state index contributed by atoms with van der Waals surface area (Å²) in [4.78, 5) is 20.5. The number of benzene rings is 2. The van der Waals surface area contributed by atoms with Gasteiger partial charge in [0.05, 0.1) is 0 Å². The second-order valence-corrected chi connectivity index (χ2v) is 12.2. The van der Waals surface area contributed by atoms with E-state index in [-0.39, 0.29) is 34.8 Å². The number of aromatic hydroxyl groups is 1. The third-order valence-corrected chi connectivity index (χ3v) is 9.63. The molecule has 8 heteroatoms. The van der Waals surface area contributed by atoms with Crippen LogP contribution >= 0.6 is 0 Å². The Morgan fingerprint density at radius 2 is 1.68 bits per heavy atom. The van der Waals surface area contributed by atoms with Gasteiger partial charge in [-0.15, -0.1) is 0 Å². The van der Waals surface area contributed by atoms with Gasteiger partial charge in [-0.25, -0.2) is 9.37 Å². The van der Waals surface area contributed by atoms with Crippen LogP contribution in [0.25, 0.3) is 0 Å². The van der Waals surface area contributed by atoms with Crippen molar-refractivity contribution in [2.24, 2.45) is 17.3 Å². The van der Waals surface area contributed by atoms with Gasteiger partial charge in [0, 0.05) is 31.6 Å². The summed E-state index contributed by atoms with van der Waals surface area (Å²) in [5.41, 5.74) is 2.23. The van der Waals surface area contributed by atoms with Crippen molar-refractivity contribution >= 4 is 5.91 Å². The van der Waals surface area contributed by atoms with E-state index in [1.54, 1.807) is 30.6 Å². The Labute approximate surface area is 243 Å². The third kappa shape index (κ3) is 7.53. The number of phenols is 1. The van der Waals surface area contributed by atoms with E-state index in [0.29, 0.717) is 18.8 Å². The molecular formula is C33H44FN5O2. The normalized spacial score (nSPS) is 19.1. The first-order valence-electron chi connectivity index (χ1n) is 15.2. The molecule has 1 saturated heterocycles. The molecular weight excluding hydrogens is 517 g/mol. The maximum Gasteiger partial charge on any atom is 0.226 e. The highest BCUT2D eigenvalue weighted by atomic mass is 19.1. The van der Waals surface area contributed by atoms with Crippen LogP contribution in [0.4, 0.5) is 4.39 Å². The molecule has 0 spiro atoms. The first kappa shape index (κ1) is 29.2. The zero-order valence-electron chi connectivity index (χ0n) is 24.2. The number of halogens is 1. The molecule has 1 aliphatic heterocycles. The fourth-order valence-electron chi connectivity index (χ4n) is 7.22. The zero-order valence-corrected chi connectivity index (χ0v) is 24.2. The van der Waals surface area contributed by atoms with E-state index < -0.39 is 0 Å². The van der Waals surface area contributed by atoms with Crippen LogP contribution in [0.1, 0.15) is 62.5 Å². The van der Waals surface area contributed by atoms with Gasteiger partial charge in [-0.3, -0.25) is 9.48 Å². The summed E-state index contributed by atoms with van der Waals surface area (Å²) >= 11 is 0. The number of carbonyl (C=O) groups excluding carboxylic acids is 1. The highest BCUT2D eigenvalue weighted by molar-refractivity contribution is 5.79. The Bertz CT molecular complexity index is 1220. The summed E-state index contributed by atoms with van der Waals surface area (Å²) in [7, 11) is 1.94. The van der Waals surface area contributed by atoms with Gasteiger partial charge in [0.25, 0.3) is 0 Å². The van der Waals surface area contributed by atoms with E-state index in [2.05, 4.69) is 20.3 Å². The van der Waals surface area contributed by atoms with E-state index in [9.17, 15) is 14.3 Å². The maximum absolute atomic E-state index is 14.2. The molecule has 2 heterocycles. The van der Waals surface area contributed by atoms with Crippen LogP contribution < -0.4 is 5.32 Å². The van der Waals surface area contributed by atoms with Gasteiger partial charge in [-0.05, 0) is 98.7 Å². The first-order valence-corrected chi connectivity index (χ1v) is 15.2. The number of hydrogen-bond donors (Lipinski definition) is 2. The number of piperidine rings is 1. The highest BCUT2D eigenvalue weighted by Crippen LogP contribution is 2.47. The predicted octanol–water partition coefficient (Wildman–Crippen LogP) is 5.39. The van der Waals surface area contributed by atoms with Gasteiger partial charge >= 0.3 is 0 Å². The summed E-state index contributed by atoms with van der Waals surface area (Å²) in [6.45, 7) is 2.38. The standard InChI is InChI=1S/C33H44FN5O2/c1-35-30(20-26-9-13-31(40)14-10-26)21-27(19-25-7-11-29(34)12-8-25)32(41)38-17-15-33(16-18-38,22-39-24-36-23-37-39)28-5-3-2-4-6-28/h7-14,23-24,27-28,30,35,40H,2-6,15-22H2,1H3. The van der Waals surface area contributed by atoms with Crippen LogP contribution in [0.5, 0.6) is 5.75 Å². The van der Waals surface area contributed by atoms with Crippen molar-refractivity contribution in [1.29, 1.82) is 0 Å². The van der Waals surface area contributed by atoms with E-state index in [1.165, 1.54) is 44.2 Å². The molecule has 0 bridgehead atoms. The minimum atomic E-state index is -0.264. The molecule has 3 aromatic rings. The number of nitrogens with one attached hydrogen (secondary N) is 1. The molecule has 5 rings (SSSR count). The van der Waals surface area contributed by atoms with Crippen molar-refractivity contribution in [3.05, 3.63) is 78.1 Å². The average molecular weight is 562 g/mol. The minimum Gasteiger partial charge on any atom is -0.508 e. The van der Waals surface area contributed by atoms with Crippen molar-refractivity contribution < 1.29 is 14.3 Å². The lowest BCUT2D eigenvalue weighted by molar-refractivity contribution is -0.139. The maximum atomic E-state index is 14.2. The van der Waals surface area contributed by atoms with Crippen molar-refractivity contribution in [2.45, 2.75) is 76.8 Å². The molecule has 7 nitrogen and oxygen atoms in total. The van der Waals surface area contributed by atoms with Gasteiger partial charge in [0.2, 0.25) is 5.91 Å². The number of rotatable bonds is 11. The number of amides is 1. The van der Waals surface area contributed by atoms with E-state index in [1.807, 2.05) is 30.2 Å². The molecule has 220 valence electrons. The molecule has 1 aliphatic carbocycles. The number of phenolic OH excluding ortho intramolecular Hbond substituents is 1. The Hall–Kier alpha value is -3.26. The number of aromatic nitrogens is 3. The van der Waals surface area contributed by atoms with Crippen molar-refractivity contribution in [1.82, 2.24) is 25.0 Å². The lowest BCUT2D eigenvalue weighted by atomic mass is 9.63. The van der Waals surface area contributed by atoms with Crippen molar-refractivity contribution in [3.63, 3.8) is 0 Å². The van der Waals surface area contributed by atoms with Crippen LogP contribution in [0.3, 0.4) is 0 Å². The average Bonchev–Trinajstić information content (AvgIpc) is 3.52. The number of likely N-dealkylation sites (tertiary alicyclic amines) is 1. The molecule has 0 radical (unpaired) electrons. The largest absolute Gasteiger partial charge is 0.508 e. The smallest absolute Gasteiger partial charge is 0.226 e. The SMILES string of the molecule is CNC(Cc1ccc(O)cc1)CC(Cc1ccc(F)cc1)C(=O)N1CCC(Cn2cncn2)(C2CCCCC2)CC1. The van der Waals surface area contributed by atoms with Crippen LogP contribution in [0.15, 0.2) is 61.2 Å². The summed E-state index contributed by atoms with van der Waals surface area (Å²) in [5.74, 6) is 0.620. The third-order valence-electron chi connectivity index (χ3n) is 9.63. The molecule has 2 atom stereocenters. The number of likely N-dealkylation sites (N-methyl/N-ethyl adjacent to an activating group) is 1. The van der Waals surface area contributed by atoms with Gasteiger partial charge in [0.1, 0.15) is 24.2 Å². The van der Waals surface area contributed by atoms with Crippen LogP contribution in [-0.2, 0) is 24.2 Å². The predicted molar refractivity (Wildman–Crippen MR) is 158 cm³/mol. The monoisotopic (exact) mass is 561 g/mol. The van der Waals surface area contributed by atoms with Crippen LogP contribution in [-0.4, -0.2) is 56.9 Å². The number of hydrogen-bond acceptors (Lipinski definition) is 5. The molecule has 1 amide bonds. The van der Waals surface area contributed by atoms with Gasteiger partial charge < -0.3 is 15.3 Å². The second kappa shape index (κ2) is 13.6. The second-order valence-electron chi connectivity index (χ2n) is 12.2. The lowest BCUT2D eigenvalue weighted by Gasteiger charge is -2.48. The molecule has 41 heavy (non-hydrogen) atoms. The molecule has 2 fully saturated rings. The molecule has 2 unspecified atom stereocenters. The van der Waals surface area contributed by atoms with Gasteiger partial charge in [-0.1, -0.05) is 43.5 Å². The van der Waals surface area contributed by atoms with Crippen molar-refractivity contribution in [3.8, 4) is 5.75 Å². The molecule has 2 N–H and O–H groups in total. The number of carbonyl (C=O) groups is 1. The van der Waals surface area contributed by atoms with Gasteiger partial charge in [-0.2, -0.15) is 5.10 Å². The number of nitrogens with zero attached hydrogens (tertiary/aromatic N) is 4. The summed E-state index contributed by atoms with van der Waals surface area (Å²) in [6, 6.07) is 13.9. The van der Waals surface area contributed by atoms with E-state index >= 15 is 0 Å². The summed E-state index contributed by atoms with van der Waals surface area (Å²) in [6.07, 6.45) is 13.8.